The van der Waals surface area contributed by atoms with Crippen LogP contribution in [-0.2, 0) is 17.9 Å². The van der Waals surface area contributed by atoms with Crippen molar-refractivity contribution in [1.29, 1.82) is 0 Å². The molecule has 5 nitrogen and oxygen atoms in total. The molecule has 1 amide bonds. The van der Waals surface area contributed by atoms with Gasteiger partial charge in [-0.2, -0.15) is 0 Å². The van der Waals surface area contributed by atoms with Crippen LogP contribution in [-0.4, -0.2) is 21.8 Å². The summed E-state index contributed by atoms with van der Waals surface area (Å²) in [6.07, 6.45) is 3.39. The molecule has 152 valence electrons. The molecule has 6 heteroatoms. The summed E-state index contributed by atoms with van der Waals surface area (Å²) in [5.74, 6) is 2.27. The zero-order valence-electron chi connectivity index (χ0n) is 17.2. The number of furan rings is 1. The van der Waals surface area contributed by atoms with Crippen molar-refractivity contribution in [3.63, 3.8) is 0 Å². The first kappa shape index (κ1) is 20.9. The molecule has 0 radical (unpaired) electrons. The Morgan fingerprint density at radius 1 is 1.24 bits per heavy atom. The van der Waals surface area contributed by atoms with Gasteiger partial charge < -0.3 is 14.1 Å². The van der Waals surface area contributed by atoms with E-state index in [4.69, 9.17) is 9.15 Å². The standard InChI is InChI=1S/C23H26N2O3S/c1-16(2)25(13-21-11-9-17(3)28-21)23(26)12-10-19-7-5-6-8-22(19)27-14-20-15-29-18(4)24-20/h5-12,15-16H,13-14H2,1-4H3/b12-10+. The molecule has 0 saturated heterocycles. The molecule has 0 aliphatic carbocycles. The van der Waals surface area contributed by atoms with Gasteiger partial charge in [0, 0.05) is 23.1 Å². The highest BCUT2D eigenvalue weighted by Crippen LogP contribution is 2.22. The van der Waals surface area contributed by atoms with Crippen LogP contribution in [0.5, 0.6) is 5.75 Å². The molecule has 1 aromatic carbocycles. The number of hydrogen-bond donors (Lipinski definition) is 0. The predicted octanol–water partition coefficient (Wildman–Crippen LogP) is 5.38. The summed E-state index contributed by atoms with van der Waals surface area (Å²) < 4.78 is 11.6. The van der Waals surface area contributed by atoms with E-state index in [0.717, 1.165) is 33.5 Å². The lowest BCUT2D eigenvalue weighted by molar-refractivity contribution is -0.128. The van der Waals surface area contributed by atoms with Gasteiger partial charge in [0.05, 0.1) is 17.2 Å². The number of aryl methyl sites for hydroxylation is 2. The van der Waals surface area contributed by atoms with Crippen molar-refractivity contribution >= 4 is 23.3 Å². The molecule has 29 heavy (non-hydrogen) atoms. The molecular weight excluding hydrogens is 384 g/mol. The Kier molecular flexibility index (Phi) is 6.88. The summed E-state index contributed by atoms with van der Waals surface area (Å²) in [6.45, 7) is 8.70. The molecule has 0 saturated carbocycles. The first-order valence-electron chi connectivity index (χ1n) is 9.59. The minimum absolute atomic E-state index is 0.0527. The number of hydrogen-bond acceptors (Lipinski definition) is 5. The van der Waals surface area contributed by atoms with Gasteiger partial charge in [-0.1, -0.05) is 18.2 Å². The third-order valence-corrected chi connectivity index (χ3v) is 5.22. The van der Waals surface area contributed by atoms with Gasteiger partial charge >= 0.3 is 0 Å². The summed E-state index contributed by atoms with van der Waals surface area (Å²) in [5, 5.41) is 3.01. The molecular formula is C23H26N2O3S. The van der Waals surface area contributed by atoms with Gasteiger partial charge in [0.1, 0.15) is 23.9 Å². The molecule has 0 fully saturated rings. The van der Waals surface area contributed by atoms with E-state index < -0.39 is 0 Å². The van der Waals surface area contributed by atoms with Crippen LogP contribution in [0.15, 0.2) is 52.3 Å². The highest BCUT2D eigenvalue weighted by atomic mass is 32.1. The van der Waals surface area contributed by atoms with Crippen molar-refractivity contribution in [2.75, 3.05) is 0 Å². The van der Waals surface area contributed by atoms with Crippen molar-refractivity contribution in [2.45, 2.75) is 46.9 Å². The molecule has 0 unspecified atom stereocenters. The summed E-state index contributed by atoms with van der Waals surface area (Å²) in [7, 11) is 0. The minimum Gasteiger partial charge on any atom is -0.487 e. The third-order valence-electron chi connectivity index (χ3n) is 4.40. The summed E-state index contributed by atoms with van der Waals surface area (Å²) in [4.78, 5) is 19.0. The Morgan fingerprint density at radius 2 is 2.03 bits per heavy atom. The van der Waals surface area contributed by atoms with E-state index in [-0.39, 0.29) is 11.9 Å². The quantitative estimate of drug-likeness (QED) is 0.468. The SMILES string of the molecule is Cc1ccc(CN(C(=O)/C=C/c2ccccc2OCc2csc(C)n2)C(C)C)o1. The van der Waals surface area contributed by atoms with Crippen molar-refractivity contribution in [1.82, 2.24) is 9.88 Å². The van der Waals surface area contributed by atoms with Gasteiger partial charge in [-0.15, -0.1) is 11.3 Å². The molecule has 0 atom stereocenters. The fourth-order valence-electron chi connectivity index (χ4n) is 2.89. The first-order chi connectivity index (χ1) is 13.9. The summed E-state index contributed by atoms with van der Waals surface area (Å²) in [5.41, 5.74) is 1.76. The maximum atomic E-state index is 12.8. The molecule has 3 rings (SSSR count). The average Bonchev–Trinajstić information content (AvgIpc) is 3.30. The van der Waals surface area contributed by atoms with Crippen LogP contribution in [0.2, 0.25) is 0 Å². The topological polar surface area (TPSA) is 55.6 Å². The van der Waals surface area contributed by atoms with Crippen LogP contribution < -0.4 is 4.74 Å². The van der Waals surface area contributed by atoms with Crippen LogP contribution in [0.3, 0.4) is 0 Å². The fourth-order valence-corrected chi connectivity index (χ4v) is 3.48. The Bertz CT molecular complexity index is 987. The van der Waals surface area contributed by atoms with E-state index in [1.165, 1.54) is 0 Å². The second kappa shape index (κ2) is 9.56. The number of aromatic nitrogens is 1. The van der Waals surface area contributed by atoms with Crippen molar-refractivity contribution in [3.8, 4) is 5.75 Å². The Morgan fingerprint density at radius 3 is 2.69 bits per heavy atom. The average molecular weight is 411 g/mol. The van der Waals surface area contributed by atoms with Crippen molar-refractivity contribution < 1.29 is 13.9 Å². The normalized spacial score (nSPS) is 11.3. The van der Waals surface area contributed by atoms with E-state index in [2.05, 4.69) is 4.98 Å². The Balaban J connectivity index is 1.69. The van der Waals surface area contributed by atoms with Gasteiger partial charge in [-0.25, -0.2) is 4.98 Å². The second-order valence-electron chi connectivity index (χ2n) is 7.09. The number of amides is 1. The Hall–Kier alpha value is -2.86. The van der Waals surface area contributed by atoms with Crippen LogP contribution in [0.1, 0.15) is 41.6 Å². The number of carbonyl (C=O) groups is 1. The number of ether oxygens (including phenoxy) is 1. The zero-order valence-corrected chi connectivity index (χ0v) is 18.0. The van der Waals surface area contributed by atoms with Crippen LogP contribution >= 0.6 is 11.3 Å². The minimum atomic E-state index is -0.0704. The van der Waals surface area contributed by atoms with Gasteiger partial charge in [0.2, 0.25) is 5.91 Å². The van der Waals surface area contributed by atoms with E-state index in [9.17, 15) is 4.79 Å². The number of nitrogens with zero attached hydrogens (tertiary/aromatic N) is 2. The third kappa shape index (κ3) is 5.81. The molecule has 0 aliphatic heterocycles. The second-order valence-corrected chi connectivity index (χ2v) is 8.15. The first-order valence-corrected chi connectivity index (χ1v) is 10.5. The van der Waals surface area contributed by atoms with Gasteiger partial charge in [-0.05, 0) is 52.0 Å². The number of benzene rings is 1. The monoisotopic (exact) mass is 410 g/mol. The molecule has 0 bridgehead atoms. The largest absolute Gasteiger partial charge is 0.487 e. The zero-order chi connectivity index (χ0) is 20.8. The van der Waals surface area contributed by atoms with E-state index >= 15 is 0 Å². The molecule has 0 spiro atoms. The summed E-state index contributed by atoms with van der Waals surface area (Å²) >= 11 is 1.60. The van der Waals surface area contributed by atoms with E-state index in [1.54, 1.807) is 28.4 Å². The lowest BCUT2D eigenvalue weighted by Gasteiger charge is -2.24. The lowest BCUT2D eigenvalue weighted by Crippen LogP contribution is -2.35. The van der Waals surface area contributed by atoms with Crippen LogP contribution in [0.25, 0.3) is 6.08 Å². The highest BCUT2D eigenvalue weighted by molar-refractivity contribution is 7.09. The van der Waals surface area contributed by atoms with E-state index in [1.807, 2.05) is 69.5 Å². The highest BCUT2D eigenvalue weighted by Gasteiger charge is 2.17. The maximum absolute atomic E-state index is 12.8. The number of thiazole rings is 1. The molecule has 3 aromatic rings. The predicted molar refractivity (Wildman–Crippen MR) is 116 cm³/mol. The molecule has 2 aromatic heterocycles. The number of carbonyl (C=O) groups excluding carboxylic acids is 1. The smallest absolute Gasteiger partial charge is 0.247 e. The van der Waals surface area contributed by atoms with Crippen molar-refractivity contribution in [2.24, 2.45) is 0 Å². The van der Waals surface area contributed by atoms with Gasteiger partial charge in [0.25, 0.3) is 0 Å². The Labute approximate surface area is 175 Å². The number of rotatable bonds is 8. The van der Waals surface area contributed by atoms with Gasteiger partial charge in [0.15, 0.2) is 0 Å². The lowest BCUT2D eigenvalue weighted by atomic mass is 10.1. The van der Waals surface area contributed by atoms with E-state index in [0.29, 0.717) is 13.2 Å². The summed E-state index contributed by atoms with van der Waals surface area (Å²) in [6, 6.07) is 11.5. The van der Waals surface area contributed by atoms with Crippen LogP contribution in [0, 0.1) is 13.8 Å². The maximum Gasteiger partial charge on any atom is 0.247 e. The van der Waals surface area contributed by atoms with Gasteiger partial charge in [-0.3, -0.25) is 4.79 Å². The molecule has 2 heterocycles. The molecule has 0 aliphatic rings. The van der Waals surface area contributed by atoms with Crippen molar-refractivity contribution in [3.05, 3.63) is 75.6 Å². The van der Waals surface area contributed by atoms with Crippen LogP contribution in [0.4, 0.5) is 0 Å². The fraction of sp³-hybridized carbons (Fsp3) is 0.304. The molecule has 0 N–H and O–H groups in total. The number of para-hydroxylation sites is 1.